The number of hydrogen-bond donors (Lipinski definition) is 1. The molecule has 0 atom stereocenters. The van der Waals surface area contributed by atoms with Crippen molar-refractivity contribution in [1.82, 2.24) is 10.2 Å². The summed E-state index contributed by atoms with van der Waals surface area (Å²) in [5.74, 6) is -0.168. The third kappa shape index (κ3) is 5.49. The zero-order valence-corrected chi connectivity index (χ0v) is 11.4. The van der Waals surface area contributed by atoms with Crippen LogP contribution in [0.2, 0.25) is 0 Å². The molecule has 0 spiro atoms. The van der Waals surface area contributed by atoms with E-state index in [2.05, 4.69) is 10.1 Å². The number of carbonyl (C=O) groups excluding carboxylic acids is 2. The molecule has 5 heteroatoms. The molecule has 18 heavy (non-hydrogen) atoms. The monoisotopic (exact) mass is 256 g/mol. The van der Waals surface area contributed by atoms with Crippen LogP contribution in [-0.2, 0) is 14.3 Å². The number of ether oxygens (including phenoxy) is 1. The molecule has 1 aliphatic carbocycles. The third-order valence-corrected chi connectivity index (χ3v) is 3.39. The predicted octanol–water partition coefficient (Wildman–Crippen LogP) is 0.930. The lowest BCUT2D eigenvalue weighted by molar-refractivity contribution is -0.141. The van der Waals surface area contributed by atoms with Crippen LogP contribution in [0.25, 0.3) is 0 Å². The summed E-state index contributed by atoms with van der Waals surface area (Å²) in [5.41, 5.74) is 0. The highest BCUT2D eigenvalue weighted by molar-refractivity contribution is 5.78. The van der Waals surface area contributed by atoms with E-state index in [4.69, 9.17) is 0 Å². The number of nitrogens with zero attached hydrogens (tertiary/aromatic N) is 1. The maximum Gasteiger partial charge on any atom is 0.306 e. The Morgan fingerprint density at radius 1 is 1.33 bits per heavy atom. The largest absolute Gasteiger partial charge is 0.469 e. The van der Waals surface area contributed by atoms with Crippen LogP contribution >= 0.6 is 0 Å². The molecule has 1 N–H and O–H groups in total. The Labute approximate surface area is 109 Å². The SMILES string of the molecule is CCN(CCC(=O)OC)CC(=O)NC1CCCC1. The van der Waals surface area contributed by atoms with Crippen LogP contribution in [-0.4, -0.2) is 49.6 Å². The van der Waals surface area contributed by atoms with Gasteiger partial charge in [0, 0.05) is 12.6 Å². The quantitative estimate of drug-likeness (QED) is 0.688. The molecule has 5 nitrogen and oxygen atoms in total. The molecule has 104 valence electrons. The highest BCUT2D eigenvalue weighted by Crippen LogP contribution is 2.17. The Hall–Kier alpha value is -1.10. The van der Waals surface area contributed by atoms with Crippen LogP contribution in [0, 0.1) is 0 Å². The minimum absolute atomic E-state index is 0.0635. The summed E-state index contributed by atoms with van der Waals surface area (Å²) >= 11 is 0. The molecule has 0 aliphatic heterocycles. The fraction of sp³-hybridized carbons (Fsp3) is 0.846. The Morgan fingerprint density at radius 2 is 2.00 bits per heavy atom. The van der Waals surface area contributed by atoms with E-state index in [1.165, 1.54) is 20.0 Å². The first-order valence-corrected chi connectivity index (χ1v) is 6.74. The molecule has 1 rings (SSSR count). The highest BCUT2D eigenvalue weighted by Gasteiger charge is 2.18. The van der Waals surface area contributed by atoms with E-state index in [0.29, 0.717) is 25.6 Å². The molecule has 0 heterocycles. The Bertz CT molecular complexity index is 275. The van der Waals surface area contributed by atoms with Crippen LogP contribution < -0.4 is 5.32 Å². The van der Waals surface area contributed by atoms with Gasteiger partial charge in [-0.15, -0.1) is 0 Å². The van der Waals surface area contributed by atoms with Crippen LogP contribution in [0.5, 0.6) is 0 Å². The molecule has 0 aromatic carbocycles. The molecular formula is C13H24N2O3. The summed E-state index contributed by atoms with van der Waals surface area (Å²) in [4.78, 5) is 24.8. The van der Waals surface area contributed by atoms with Gasteiger partial charge in [0.15, 0.2) is 0 Å². The summed E-state index contributed by atoms with van der Waals surface area (Å²) in [5, 5.41) is 3.05. The number of carbonyl (C=O) groups is 2. The molecule has 1 aliphatic rings. The van der Waals surface area contributed by atoms with Crippen molar-refractivity contribution in [1.29, 1.82) is 0 Å². The fourth-order valence-corrected chi connectivity index (χ4v) is 2.25. The van der Waals surface area contributed by atoms with Crippen molar-refractivity contribution in [3.63, 3.8) is 0 Å². The zero-order valence-electron chi connectivity index (χ0n) is 11.4. The number of hydrogen-bond acceptors (Lipinski definition) is 4. The molecular weight excluding hydrogens is 232 g/mol. The van der Waals surface area contributed by atoms with E-state index in [9.17, 15) is 9.59 Å². The summed E-state index contributed by atoms with van der Waals surface area (Å²) in [7, 11) is 1.38. The molecule has 0 unspecified atom stereocenters. The smallest absolute Gasteiger partial charge is 0.306 e. The lowest BCUT2D eigenvalue weighted by Gasteiger charge is -2.20. The molecule has 1 saturated carbocycles. The average molecular weight is 256 g/mol. The van der Waals surface area contributed by atoms with Crippen molar-refractivity contribution in [2.24, 2.45) is 0 Å². The van der Waals surface area contributed by atoms with Crippen LogP contribution in [0.15, 0.2) is 0 Å². The van der Waals surface area contributed by atoms with E-state index in [1.807, 2.05) is 11.8 Å². The maximum atomic E-state index is 11.8. The summed E-state index contributed by atoms with van der Waals surface area (Å²) in [6.07, 6.45) is 4.96. The first kappa shape index (κ1) is 15.0. The fourth-order valence-electron chi connectivity index (χ4n) is 2.25. The second kappa shape index (κ2) is 8.08. The van der Waals surface area contributed by atoms with Gasteiger partial charge in [-0.25, -0.2) is 0 Å². The van der Waals surface area contributed by atoms with E-state index in [-0.39, 0.29) is 11.9 Å². The highest BCUT2D eigenvalue weighted by atomic mass is 16.5. The average Bonchev–Trinajstić information content (AvgIpc) is 2.86. The van der Waals surface area contributed by atoms with Crippen molar-refractivity contribution in [3.8, 4) is 0 Å². The summed E-state index contributed by atoms with van der Waals surface area (Å²) < 4.78 is 4.59. The second-order valence-electron chi connectivity index (χ2n) is 4.74. The van der Waals surface area contributed by atoms with Gasteiger partial charge in [0.25, 0.3) is 0 Å². The number of rotatable bonds is 7. The van der Waals surface area contributed by atoms with Gasteiger partial charge in [-0.2, -0.15) is 0 Å². The number of likely N-dealkylation sites (N-methyl/N-ethyl adjacent to an activating group) is 1. The van der Waals surface area contributed by atoms with Gasteiger partial charge in [-0.3, -0.25) is 14.5 Å². The van der Waals surface area contributed by atoms with E-state index < -0.39 is 0 Å². The van der Waals surface area contributed by atoms with Gasteiger partial charge < -0.3 is 10.1 Å². The van der Waals surface area contributed by atoms with Gasteiger partial charge in [-0.1, -0.05) is 19.8 Å². The van der Waals surface area contributed by atoms with E-state index >= 15 is 0 Å². The number of esters is 1. The predicted molar refractivity (Wildman–Crippen MR) is 69.1 cm³/mol. The molecule has 1 amide bonds. The number of nitrogens with one attached hydrogen (secondary N) is 1. The Balaban J connectivity index is 2.23. The van der Waals surface area contributed by atoms with E-state index in [0.717, 1.165) is 19.4 Å². The van der Waals surface area contributed by atoms with Gasteiger partial charge in [0.2, 0.25) is 5.91 Å². The van der Waals surface area contributed by atoms with E-state index in [1.54, 1.807) is 0 Å². The summed E-state index contributed by atoms with van der Waals surface area (Å²) in [6.45, 7) is 3.68. The van der Waals surface area contributed by atoms with Gasteiger partial charge in [0.05, 0.1) is 20.1 Å². The van der Waals surface area contributed by atoms with Crippen molar-refractivity contribution < 1.29 is 14.3 Å². The van der Waals surface area contributed by atoms with Crippen LogP contribution in [0.3, 0.4) is 0 Å². The molecule has 0 aromatic rings. The van der Waals surface area contributed by atoms with Crippen molar-refractivity contribution in [2.45, 2.75) is 45.1 Å². The van der Waals surface area contributed by atoms with Crippen molar-refractivity contribution >= 4 is 11.9 Å². The van der Waals surface area contributed by atoms with Gasteiger partial charge in [0.1, 0.15) is 0 Å². The van der Waals surface area contributed by atoms with Crippen molar-refractivity contribution in [3.05, 3.63) is 0 Å². The topological polar surface area (TPSA) is 58.6 Å². The second-order valence-corrected chi connectivity index (χ2v) is 4.74. The Kier molecular flexibility index (Phi) is 6.72. The minimum atomic E-state index is -0.232. The lowest BCUT2D eigenvalue weighted by atomic mass is 10.2. The molecule has 0 bridgehead atoms. The van der Waals surface area contributed by atoms with Crippen LogP contribution in [0.1, 0.15) is 39.0 Å². The minimum Gasteiger partial charge on any atom is -0.469 e. The first-order valence-electron chi connectivity index (χ1n) is 6.74. The molecule has 1 fully saturated rings. The van der Waals surface area contributed by atoms with Gasteiger partial charge in [-0.05, 0) is 19.4 Å². The molecule has 0 aromatic heterocycles. The lowest BCUT2D eigenvalue weighted by Crippen LogP contribution is -2.41. The molecule has 0 radical (unpaired) electrons. The molecule has 0 saturated heterocycles. The summed E-state index contributed by atoms with van der Waals surface area (Å²) in [6, 6.07) is 0.358. The Morgan fingerprint density at radius 3 is 2.56 bits per heavy atom. The van der Waals surface area contributed by atoms with Crippen LogP contribution in [0.4, 0.5) is 0 Å². The zero-order chi connectivity index (χ0) is 13.4. The standard InChI is InChI=1S/C13H24N2O3/c1-3-15(9-8-13(17)18-2)10-12(16)14-11-6-4-5-7-11/h11H,3-10H2,1-2H3,(H,14,16). The first-order chi connectivity index (χ1) is 8.65. The maximum absolute atomic E-state index is 11.8. The normalized spacial score (nSPS) is 15.9. The van der Waals surface area contributed by atoms with Crippen molar-refractivity contribution in [2.75, 3.05) is 26.7 Å². The third-order valence-electron chi connectivity index (χ3n) is 3.39. The number of methoxy groups -OCH3 is 1. The number of amides is 1. The van der Waals surface area contributed by atoms with Gasteiger partial charge >= 0.3 is 5.97 Å².